The van der Waals surface area contributed by atoms with Crippen LogP contribution in [0.2, 0.25) is 0 Å². The van der Waals surface area contributed by atoms with Crippen molar-refractivity contribution in [1.29, 1.82) is 0 Å². The van der Waals surface area contributed by atoms with Crippen LogP contribution < -0.4 is 10.1 Å². The number of fused-ring (bicyclic) bond motifs is 3. The van der Waals surface area contributed by atoms with Crippen molar-refractivity contribution in [3.63, 3.8) is 0 Å². The third-order valence-electron chi connectivity index (χ3n) is 5.47. The molecule has 0 saturated heterocycles. The maximum atomic E-state index is 12.6. The summed E-state index contributed by atoms with van der Waals surface area (Å²) < 4.78 is 7.16. The van der Waals surface area contributed by atoms with E-state index < -0.39 is 0 Å². The van der Waals surface area contributed by atoms with Crippen molar-refractivity contribution in [3.05, 3.63) is 78.4 Å². The highest BCUT2D eigenvalue weighted by atomic mass is 32.2. The van der Waals surface area contributed by atoms with Crippen molar-refractivity contribution >= 4 is 45.7 Å². The maximum Gasteiger partial charge on any atom is 0.234 e. The normalized spacial score (nSPS) is 11.0. The van der Waals surface area contributed by atoms with Gasteiger partial charge in [-0.2, -0.15) is 0 Å². The first kappa shape index (κ1) is 22.5. The summed E-state index contributed by atoms with van der Waals surface area (Å²) in [5, 5.41) is 13.1. The van der Waals surface area contributed by atoms with Gasteiger partial charge in [0.1, 0.15) is 11.6 Å². The fourth-order valence-electron chi connectivity index (χ4n) is 3.70. The molecular formula is C26H21N5O3S. The third-order valence-corrected chi connectivity index (χ3v) is 6.40. The topological polar surface area (TPSA) is 98.5 Å². The second-order valence-electron chi connectivity index (χ2n) is 7.79. The van der Waals surface area contributed by atoms with E-state index in [-0.39, 0.29) is 17.4 Å². The molecule has 0 aliphatic heterocycles. The molecule has 2 aromatic heterocycles. The van der Waals surface area contributed by atoms with Crippen LogP contribution in [-0.2, 0) is 4.79 Å². The lowest BCUT2D eigenvalue weighted by Gasteiger charge is -2.10. The second-order valence-corrected chi connectivity index (χ2v) is 8.74. The van der Waals surface area contributed by atoms with E-state index >= 15 is 0 Å². The minimum atomic E-state index is -0.193. The molecule has 0 aliphatic rings. The number of hydrogen-bond donors (Lipinski definition) is 1. The SMILES string of the molecule is COc1ccc(-c2nc3ccccc3c3nnc(SCC(=O)Nc4ccc(C(C)=O)cc4)n23)cc1. The van der Waals surface area contributed by atoms with Crippen molar-refractivity contribution in [2.24, 2.45) is 0 Å². The second kappa shape index (κ2) is 9.55. The Balaban J connectivity index is 1.45. The zero-order valence-electron chi connectivity index (χ0n) is 19.1. The summed E-state index contributed by atoms with van der Waals surface area (Å²) in [4.78, 5) is 28.9. The highest BCUT2D eigenvalue weighted by Crippen LogP contribution is 2.30. The Morgan fingerprint density at radius 1 is 0.971 bits per heavy atom. The van der Waals surface area contributed by atoms with Crippen LogP contribution in [0.25, 0.3) is 27.9 Å². The molecular weight excluding hydrogens is 462 g/mol. The number of thioether (sulfide) groups is 1. The lowest BCUT2D eigenvalue weighted by atomic mass is 10.1. The molecule has 0 saturated carbocycles. The highest BCUT2D eigenvalue weighted by molar-refractivity contribution is 7.99. The lowest BCUT2D eigenvalue weighted by molar-refractivity contribution is -0.113. The molecule has 1 amide bonds. The molecule has 2 heterocycles. The maximum absolute atomic E-state index is 12.6. The first-order valence-corrected chi connectivity index (χ1v) is 11.8. The number of nitrogens with zero attached hydrogens (tertiary/aromatic N) is 4. The summed E-state index contributed by atoms with van der Waals surface area (Å²) in [6.45, 7) is 1.51. The van der Waals surface area contributed by atoms with Gasteiger partial charge in [-0.3, -0.25) is 14.0 Å². The molecule has 35 heavy (non-hydrogen) atoms. The molecule has 5 aromatic rings. The number of carbonyl (C=O) groups is 2. The van der Waals surface area contributed by atoms with Gasteiger partial charge in [0, 0.05) is 22.2 Å². The van der Waals surface area contributed by atoms with Crippen LogP contribution in [0.5, 0.6) is 5.75 Å². The molecule has 0 aliphatic carbocycles. The number of aromatic nitrogens is 4. The molecule has 0 atom stereocenters. The number of ketones is 1. The van der Waals surface area contributed by atoms with Crippen LogP contribution >= 0.6 is 11.8 Å². The van der Waals surface area contributed by atoms with Crippen molar-refractivity contribution in [3.8, 4) is 17.1 Å². The Kier molecular flexibility index (Phi) is 6.15. The number of amides is 1. The number of rotatable bonds is 7. The predicted molar refractivity (Wildman–Crippen MR) is 136 cm³/mol. The number of hydrogen-bond acceptors (Lipinski definition) is 7. The summed E-state index contributed by atoms with van der Waals surface area (Å²) in [7, 11) is 1.62. The van der Waals surface area contributed by atoms with Crippen molar-refractivity contribution in [2.45, 2.75) is 12.1 Å². The molecule has 174 valence electrons. The summed E-state index contributed by atoms with van der Waals surface area (Å²) in [6, 6.07) is 22.2. The Morgan fingerprint density at radius 3 is 2.43 bits per heavy atom. The standard InChI is InChI=1S/C26H21N5O3S/c1-16(32)17-7-11-19(12-8-17)27-23(33)15-35-26-30-29-25-21-5-3-4-6-22(21)28-24(31(25)26)18-9-13-20(34-2)14-10-18/h3-14H,15H2,1-2H3,(H,27,33). The Morgan fingerprint density at radius 2 is 1.71 bits per heavy atom. The minimum absolute atomic E-state index is 0.0223. The summed E-state index contributed by atoms with van der Waals surface area (Å²) in [5.74, 6) is 1.34. The fourth-order valence-corrected chi connectivity index (χ4v) is 4.44. The molecule has 8 nitrogen and oxygen atoms in total. The number of nitrogens with one attached hydrogen (secondary N) is 1. The smallest absolute Gasteiger partial charge is 0.234 e. The van der Waals surface area contributed by atoms with Crippen LogP contribution in [0, 0.1) is 0 Å². The van der Waals surface area contributed by atoms with Gasteiger partial charge < -0.3 is 10.1 Å². The summed E-state index contributed by atoms with van der Waals surface area (Å²) in [6.07, 6.45) is 0. The number of methoxy groups -OCH3 is 1. The van der Waals surface area contributed by atoms with E-state index in [2.05, 4.69) is 15.5 Å². The molecule has 0 fully saturated rings. The van der Waals surface area contributed by atoms with E-state index in [9.17, 15) is 9.59 Å². The minimum Gasteiger partial charge on any atom is -0.497 e. The number of ether oxygens (including phenoxy) is 1. The van der Waals surface area contributed by atoms with Crippen molar-refractivity contribution < 1.29 is 14.3 Å². The van der Waals surface area contributed by atoms with Crippen molar-refractivity contribution in [1.82, 2.24) is 19.6 Å². The molecule has 0 radical (unpaired) electrons. The van der Waals surface area contributed by atoms with Gasteiger partial charge in [-0.15, -0.1) is 10.2 Å². The largest absolute Gasteiger partial charge is 0.497 e. The van der Waals surface area contributed by atoms with Gasteiger partial charge in [-0.25, -0.2) is 4.98 Å². The lowest BCUT2D eigenvalue weighted by Crippen LogP contribution is -2.14. The number of carbonyl (C=O) groups excluding carboxylic acids is 2. The van der Waals surface area contributed by atoms with Gasteiger partial charge in [-0.1, -0.05) is 23.9 Å². The zero-order chi connectivity index (χ0) is 24.4. The summed E-state index contributed by atoms with van der Waals surface area (Å²) in [5.41, 5.74) is 3.57. The number of para-hydroxylation sites is 1. The van der Waals surface area contributed by atoms with E-state index in [0.717, 1.165) is 22.2 Å². The van der Waals surface area contributed by atoms with E-state index in [1.54, 1.807) is 31.4 Å². The third kappa shape index (κ3) is 4.58. The van der Waals surface area contributed by atoms with E-state index in [0.29, 0.717) is 27.9 Å². The Hall–Kier alpha value is -4.24. The van der Waals surface area contributed by atoms with Gasteiger partial charge in [-0.05, 0) is 67.6 Å². The molecule has 0 unspecified atom stereocenters. The van der Waals surface area contributed by atoms with E-state index in [1.165, 1.54) is 18.7 Å². The monoisotopic (exact) mass is 483 g/mol. The first-order chi connectivity index (χ1) is 17.0. The van der Waals surface area contributed by atoms with Crippen LogP contribution in [0.3, 0.4) is 0 Å². The molecule has 0 bridgehead atoms. The fraction of sp³-hybridized carbons (Fsp3) is 0.115. The Labute approximate surface area is 205 Å². The van der Waals surface area contributed by atoms with Gasteiger partial charge in [0.05, 0.1) is 18.4 Å². The summed E-state index contributed by atoms with van der Waals surface area (Å²) >= 11 is 1.28. The molecule has 0 spiro atoms. The molecule has 5 rings (SSSR count). The zero-order valence-corrected chi connectivity index (χ0v) is 19.9. The van der Waals surface area contributed by atoms with Gasteiger partial charge in [0.25, 0.3) is 0 Å². The van der Waals surface area contributed by atoms with Gasteiger partial charge >= 0.3 is 0 Å². The molecule has 1 N–H and O–H groups in total. The van der Waals surface area contributed by atoms with E-state index in [1.807, 2.05) is 52.9 Å². The Bertz CT molecular complexity index is 1550. The number of anilines is 1. The average molecular weight is 484 g/mol. The van der Waals surface area contributed by atoms with Gasteiger partial charge in [0.15, 0.2) is 16.6 Å². The van der Waals surface area contributed by atoms with Crippen LogP contribution in [0.15, 0.2) is 78.0 Å². The van der Waals surface area contributed by atoms with Crippen LogP contribution in [0.1, 0.15) is 17.3 Å². The first-order valence-electron chi connectivity index (χ1n) is 10.9. The number of Topliss-reactive ketones (excluding diaryl/α,β-unsaturated/α-hetero) is 1. The van der Waals surface area contributed by atoms with E-state index in [4.69, 9.17) is 9.72 Å². The van der Waals surface area contributed by atoms with Crippen LogP contribution in [0.4, 0.5) is 5.69 Å². The predicted octanol–water partition coefficient (Wildman–Crippen LogP) is 4.89. The highest BCUT2D eigenvalue weighted by Gasteiger charge is 2.18. The average Bonchev–Trinajstić information content (AvgIpc) is 3.32. The van der Waals surface area contributed by atoms with Crippen molar-refractivity contribution in [2.75, 3.05) is 18.2 Å². The molecule has 9 heteroatoms. The number of benzene rings is 3. The quantitative estimate of drug-likeness (QED) is 0.260. The van der Waals surface area contributed by atoms with Crippen LogP contribution in [-0.4, -0.2) is 44.1 Å². The van der Waals surface area contributed by atoms with Gasteiger partial charge in [0.2, 0.25) is 5.91 Å². The molecule has 3 aromatic carbocycles.